The van der Waals surface area contributed by atoms with E-state index in [1.165, 1.54) is 17.2 Å². The predicted molar refractivity (Wildman–Crippen MR) is 137 cm³/mol. The van der Waals surface area contributed by atoms with E-state index in [1.54, 1.807) is 12.1 Å². The molecular weight excluding hydrogens is 439 g/mol. The molecule has 0 radical (unpaired) electrons. The second kappa shape index (κ2) is 9.82. The maximum absolute atomic E-state index is 15.0. The molecule has 35 heavy (non-hydrogen) atoms. The van der Waals surface area contributed by atoms with Gasteiger partial charge in [0.2, 0.25) is 0 Å². The van der Waals surface area contributed by atoms with E-state index in [1.807, 2.05) is 55.5 Å². The fourth-order valence-electron chi connectivity index (χ4n) is 4.76. The molecule has 4 aromatic rings. The van der Waals surface area contributed by atoms with Gasteiger partial charge in [-0.15, -0.1) is 0 Å². The number of rotatable bonds is 6. The number of nitrogens with one attached hydrogen (secondary N) is 1. The van der Waals surface area contributed by atoms with Crippen molar-refractivity contribution in [3.05, 3.63) is 95.1 Å². The normalized spacial score (nSPS) is 13.8. The van der Waals surface area contributed by atoms with Crippen molar-refractivity contribution in [1.82, 2.24) is 14.7 Å². The number of nitrogens with zero attached hydrogens (tertiary/aromatic N) is 3. The van der Waals surface area contributed by atoms with Gasteiger partial charge in [0.25, 0.3) is 0 Å². The molecule has 1 N–H and O–H groups in total. The molecule has 0 amide bonds. The molecule has 1 aliphatic heterocycles. The van der Waals surface area contributed by atoms with Crippen LogP contribution in [0.1, 0.15) is 53.0 Å². The van der Waals surface area contributed by atoms with Crippen LogP contribution in [0.3, 0.4) is 0 Å². The van der Waals surface area contributed by atoms with Gasteiger partial charge in [0.1, 0.15) is 23.0 Å². The molecule has 0 spiro atoms. The molecule has 178 valence electrons. The number of carbonyl (C=O) groups excluding carboxylic acids is 1. The van der Waals surface area contributed by atoms with Crippen molar-refractivity contribution in [3.63, 3.8) is 0 Å². The van der Waals surface area contributed by atoms with Crippen molar-refractivity contribution in [2.45, 2.75) is 39.0 Å². The monoisotopic (exact) mass is 468 g/mol. The van der Waals surface area contributed by atoms with Crippen LogP contribution in [-0.4, -0.2) is 39.4 Å². The molecule has 3 aromatic carbocycles. The summed E-state index contributed by atoms with van der Waals surface area (Å²) >= 11 is 0. The van der Waals surface area contributed by atoms with Crippen LogP contribution in [0, 0.1) is 18.2 Å². The summed E-state index contributed by atoms with van der Waals surface area (Å²) < 4.78 is 16.4. The van der Waals surface area contributed by atoms with Gasteiger partial charge in [-0.2, -0.15) is 5.10 Å². The number of aromatic nitrogens is 2. The highest BCUT2D eigenvalue weighted by Gasteiger charge is 2.19. The van der Waals surface area contributed by atoms with Crippen LogP contribution in [0.25, 0.3) is 16.5 Å². The Labute approximate surface area is 204 Å². The Morgan fingerprint density at radius 1 is 0.971 bits per heavy atom. The zero-order chi connectivity index (χ0) is 24.4. The van der Waals surface area contributed by atoms with Crippen molar-refractivity contribution in [1.29, 1.82) is 5.41 Å². The number of likely N-dealkylation sites (tertiary alicyclic amines) is 1. The lowest BCUT2D eigenvalue weighted by Crippen LogP contribution is -2.35. The largest absolute Gasteiger partial charge is 0.357 e. The van der Waals surface area contributed by atoms with Crippen molar-refractivity contribution >= 4 is 22.4 Å². The lowest BCUT2D eigenvalue weighted by molar-refractivity contribution is 0.0975. The zero-order valence-corrected chi connectivity index (χ0v) is 19.9. The molecule has 0 saturated carbocycles. The van der Waals surface area contributed by atoms with Gasteiger partial charge in [0.15, 0.2) is 5.78 Å². The van der Waals surface area contributed by atoms with E-state index >= 15 is 0 Å². The minimum Gasteiger partial charge on any atom is -0.357 e. The van der Waals surface area contributed by atoms with Crippen LogP contribution in [0.5, 0.6) is 0 Å². The summed E-state index contributed by atoms with van der Waals surface area (Å²) in [6, 6.07) is 20.4. The summed E-state index contributed by atoms with van der Waals surface area (Å²) in [5.41, 5.74) is 3.28. The first-order valence-corrected chi connectivity index (χ1v) is 12.2. The minimum absolute atomic E-state index is 0.0803. The Morgan fingerprint density at radius 2 is 1.66 bits per heavy atom. The number of Topliss-reactive ketones (excluding diaryl/α,β-unsaturated/α-hetero) is 1. The van der Waals surface area contributed by atoms with E-state index in [0.29, 0.717) is 30.1 Å². The number of ketones is 1. The van der Waals surface area contributed by atoms with Gasteiger partial charge in [-0.1, -0.05) is 48.5 Å². The van der Waals surface area contributed by atoms with Crippen molar-refractivity contribution in [2.24, 2.45) is 0 Å². The third-order valence-electron chi connectivity index (χ3n) is 6.70. The van der Waals surface area contributed by atoms with Gasteiger partial charge < -0.3 is 4.90 Å². The minimum atomic E-state index is -0.410. The van der Waals surface area contributed by atoms with E-state index in [0.717, 1.165) is 47.8 Å². The quantitative estimate of drug-likeness (QED) is 0.211. The van der Waals surface area contributed by atoms with E-state index < -0.39 is 5.82 Å². The van der Waals surface area contributed by atoms with E-state index in [4.69, 9.17) is 5.41 Å². The Bertz CT molecular complexity index is 1380. The number of piperidine rings is 1. The summed E-state index contributed by atoms with van der Waals surface area (Å²) in [6.45, 7) is 3.70. The number of benzene rings is 3. The summed E-state index contributed by atoms with van der Waals surface area (Å²) in [5.74, 6) is 0.0833. The molecule has 2 heterocycles. The van der Waals surface area contributed by atoms with Gasteiger partial charge in [-0.3, -0.25) is 10.2 Å². The van der Waals surface area contributed by atoms with Gasteiger partial charge in [0.05, 0.1) is 5.69 Å². The van der Waals surface area contributed by atoms with Crippen LogP contribution < -0.4 is 0 Å². The Balaban J connectivity index is 1.31. The van der Waals surface area contributed by atoms with Crippen molar-refractivity contribution in [3.8, 4) is 5.69 Å². The summed E-state index contributed by atoms with van der Waals surface area (Å²) in [4.78, 5) is 15.3. The number of amidine groups is 1. The average molecular weight is 469 g/mol. The number of aryl methyl sites for hydroxylation is 2. The molecule has 5 rings (SSSR count). The van der Waals surface area contributed by atoms with Crippen LogP contribution in [-0.2, 0) is 6.42 Å². The number of halogens is 1. The van der Waals surface area contributed by atoms with Gasteiger partial charge in [0, 0.05) is 25.1 Å². The molecule has 1 fully saturated rings. The SMILES string of the molecule is Cc1cc(C(=O)CCc2ccc(C(=N)N3CCCCC3)cc2)n(-c2cc3ccccc3cc2F)n1. The fraction of sp³-hybridized carbons (Fsp3) is 0.276. The predicted octanol–water partition coefficient (Wildman–Crippen LogP) is 6.10. The maximum Gasteiger partial charge on any atom is 0.181 e. The lowest BCUT2D eigenvalue weighted by atomic mass is 10.0. The standard InChI is InChI=1S/C29H29FN4O/c1-20-17-27(34(32-20)26-19-24-8-4-3-7-23(24)18-25(26)30)28(35)14-11-21-9-12-22(13-10-21)29(31)33-15-5-2-6-16-33/h3-4,7-10,12-13,17-19,31H,2,5-6,11,14-16H2,1H3. The third kappa shape index (κ3) is 4.87. The van der Waals surface area contributed by atoms with Crippen LogP contribution in [0.15, 0.2) is 66.7 Å². The molecule has 0 bridgehead atoms. The van der Waals surface area contributed by atoms with Crippen LogP contribution in [0.4, 0.5) is 4.39 Å². The molecule has 0 atom stereocenters. The molecule has 1 saturated heterocycles. The molecule has 1 aliphatic rings. The zero-order valence-electron chi connectivity index (χ0n) is 19.9. The molecule has 6 heteroatoms. The highest BCUT2D eigenvalue weighted by Crippen LogP contribution is 2.24. The summed E-state index contributed by atoms with van der Waals surface area (Å²) in [7, 11) is 0. The second-order valence-corrected chi connectivity index (χ2v) is 9.25. The molecule has 0 aliphatic carbocycles. The summed E-state index contributed by atoms with van der Waals surface area (Å²) in [5, 5.41) is 14.6. The van der Waals surface area contributed by atoms with Crippen LogP contribution >= 0.6 is 0 Å². The molecular formula is C29H29FN4O. The first-order valence-electron chi connectivity index (χ1n) is 12.2. The first-order chi connectivity index (χ1) is 17.0. The highest BCUT2D eigenvalue weighted by molar-refractivity contribution is 5.97. The fourth-order valence-corrected chi connectivity index (χ4v) is 4.76. The van der Waals surface area contributed by atoms with E-state index in [9.17, 15) is 9.18 Å². The number of hydrogen-bond donors (Lipinski definition) is 1. The number of hydrogen-bond acceptors (Lipinski definition) is 3. The Kier molecular flexibility index (Phi) is 6.45. The van der Waals surface area contributed by atoms with Gasteiger partial charge >= 0.3 is 0 Å². The second-order valence-electron chi connectivity index (χ2n) is 9.25. The highest BCUT2D eigenvalue weighted by atomic mass is 19.1. The van der Waals surface area contributed by atoms with E-state index in [2.05, 4.69) is 10.00 Å². The Morgan fingerprint density at radius 3 is 2.37 bits per heavy atom. The van der Waals surface area contributed by atoms with Crippen molar-refractivity contribution < 1.29 is 9.18 Å². The van der Waals surface area contributed by atoms with Crippen molar-refractivity contribution in [2.75, 3.05) is 13.1 Å². The summed E-state index contributed by atoms with van der Waals surface area (Å²) in [6.07, 6.45) is 4.38. The molecule has 1 aromatic heterocycles. The third-order valence-corrected chi connectivity index (χ3v) is 6.70. The van der Waals surface area contributed by atoms with E-state index in [-0.39, 0.29) is 11.5 Å². The number of fused-ring (bicyclic) bond motifs is 1. The lowest BCUT2D eigenvalue weighted by Gasteiger charge is -2.29. The molecule has 5 nitrogen and oxygen atoms in total. The maximum atomic E-state index is 15.0. The first kappa shape index (κ1) is 23.0. The van der Waals surface area contributed by atoms with Gasteiger partial charge in [-0.05, 0) is 67.1 Å². The van der Waals surface area contributed by atoms with Gasteiger partial charge in [-0.25, -0.2) is 9.07 Å². The smallest absolute Gasteiger partial charge is 0.181 e. The molecule has 0 unspecified atom stereocenters. The Hall–Kier alpha value is -3.80. The number of carbonyl (C=O) groups is 1. The average Bonchev–Trinajstić information content (AvgIpc) is 3.28. The van der Waals surface area contributed by atoms with Crippen LogP contribution in [0.2, 0.25) is 0 Å². The topological polar surface area (TPSA) is 62.0 Å².